The van der Waals surface area contributed by atoms with Crippen molar-refractivity contribution < 1.29 is 9.53 Å². The Morgan fingerprint density at radius 3 is 1.77 bits per heavy atom. The van der Waals surface area contributed by atoms with Gasteiger partial charge in [0, 0.05) is 6.10 Å². The molecule has 0 fully saturated rings. The molecule has 0 radical (unpaired) electrons. The fraction of sp³-hybridized carbons (Fsp3) is 0.481. The summed E-state index contributed by atoms with van der Waals surface area (Å²) in [4.78, 5) is 0. The zero-order valence-electron chi connectivity index (χ0n) is 19.6. The van der Waals surface area contributed by atoms with Crippen LogP contribution in [0.2, 0.25) is 5.04 Å². The molecule has 1 N–H and O–H groups in total. The van der Waals surface area contributed by atoms with E-state index in [4.69, 9.17) is 4.43 Å². The summed E-state index contributed by atoms with van der Waals surface area (Å²) < 4.78 is 7.18. The van der Waals surface area contributed by atoms with E-state index in [1.165, 1.54) is 10.4 Å². The average Bonchev–Trinajstić information content (AvgIpc) is 2.72. The fourth-order valence-electron chi connectivity index (χ4n) is 4.31. The second kappa shape index (κ2) is 10.6. The van der Waals surface area contributed by atoms with E-state index in [1.54, 1.807) is 0 Å². The minimum Gasteiger partial charge on any atom is -0.404 e. The highest BCUT2D eigenvalue weighted by Crippen LogP contribution is 2.38. The van der Waals surface area contributed by atoms with E-state index >= 15 is 0 Å². The highest BCUT2D eigenvalue weighted by atomic mass is 28.4. The lowest BCUT2D eigenvalue weighted by Gasteiger charge is -2.45. The monoisotopic (exact) mass is 424 g/mol. The molecule has 0 heterocycles. The normalized spacial score (nSPS) is 16.5. The molecular formula is C27H40O2Si. The van der Waals surface area contributed by atoms with Crippen molar-refractivity contribution in [3.05, 3.63) is 73.3 Å². The summed E-state index contributed by atoms with van der Waals surface area (Å²) in [6.07, 6.45) is 3.14. The third-order valence-electron chi connectivity index (χ3n) is 6.39. The van der Waals surface area contributed by atoms with Gasteiger partial charge in [-0.2, -0.15) is 0 Å². The molecule has 0 unspecified atom stereocenters. The number of benzene rings is 2. The largest absolute Gasteiger partial charge is 0.404 e. The lowest BCUT2D eigenvalue weighted by molar-refractivity contribution is 0.0587. The minimum atomic E-state index is -2.57. The lowest BCUT2D eigenvalue weighted by Crippen LogP contribution is -2.68. The van der Waals surface area contributed by atoms with Crippen molar-refractivity contribution in [3.63, 3.8) is 0 Å². The van der Waals surface area contributed by atoms with Crippen LogP contribution in [0.3, 0.4) is 0 Å². The summed E-state index contributed by atoms with van der Waals surface area (Å²) in [5.74, 6) is 0.457. The van der Waals surface area contributed by atoms with Gasteiger partial charge in [0.2, 0.25) is 0 Å². The van der Waals surface area contributed by atoms with Crippen molar-refractivity contribution in [2.75, 3.05) is 0 Å². The molecule has 2 aromatic carbocycles. The summed E-state index contributed by atoms with van der Waals surface area (Å²) in [6, 6.07) is 21.5. The van der Waals surface area contributed by atoms with Crippen molar-refractivity contribution in [2.24, 2.45) is 11.8 Å². The van der Waals surface area contributed by atoms with Crippen LogP contribution in [0.1, 0.15) is 54.4 Å². The van der Waals surface area contributed by atoms with Crippen LogP contribution < -0.4 is 10.4 Å². The Morgan fingerprint density at radius 2 is 1.37 bits per heavy atom. The zero-order valence-corrected chi connectivity index (χ0v) is 20.6. The van der Waals surface area contributed by atoms with E-state index in [9.17, 15) is 5.11 Å². The Hall–Kier alpha value is -1.68. The standard InChI is InChI=1S/C27H40O2Si/c1-8-15-21(2)26(28)20-22(3)23(4)29-30(27(5,6)7,24-16-11-9-12-17-24)25-18-13-10-14-19-25/h8-14,16-19,21-23,26,28H,1,15,20H2,2-7H3/t21-,22-,23-,26+/m0/s1. The number of hydrogen-bond donors (Lipinski definition) is 1. The van der Waals surface area contributed by atoms with Crippen molar-refractivity contribution in [2.45, 2.75) is 71.6 Å². The van der Waals surface area contributed by atoms with Crippen LogP contribution in [0.5, 0.6) is 0 Å². The molecular weight excluding hydrogens is 384 g/mol. The number of aliphatic hydroxyl groups is 1. The molecule has 2 aromatic rings. The van der Waals surface area contributed by atoms with E-state index in [2.05, 4.69) is 109 Å². The van der Waals surface area contributed by atoms with Gasteiger partial charge in [0.05, 0.1) is 6.10 Å². The van der Waals surface area contributed by atoms with E-state index in [0.29, 0.717) is 0 Å². The smallest absolute Gasteiger partial charge is 0.261 e. The molecule has 2 rings (SSSR count). The topological polar surface area (TPSA) is 29.5 Å². The number of aliphatic hydroxyl groups excluding tert-OH is 1. The predicted molar refractivity (Wildman–Crippen MR) is 132 cm³/mol. The minimum absolute atomic E-state index is 0.0295. The molecule has 0 saturated carbocycles. The Bertz CT molecular complexity index is 727. The predicted octanol–water partition coefficient (Wildman–Crippen LogP) is 5.55. The third kappa shape index (κ3) is 5.51. The second-order valence-corrected chi connectivity index (χ2v) is 14.0. The first-order valence-corrected chi connectivity index (χ1v) is 13.1. The van der Waals surface area contributed by atoms with Gasteiger partial charge in [0.15, 0.2) is 0 Å². The molecule has 0 aliphatic carbocycles. The SMILES string of the molecule is C=CC[C@H](C)[C@H](O)C[C@H](C)[C@H](C)O[Si](c1ccccc1)(c1ccccc1)C(C)(C)C. The van der Waals surface area contributed by atoms with Crippen LogP contribution in [-0.2, 0) is 4.43 Å². The summed E-state index contributed by atoms with van der Waals surface area (Å²) >= 11 is 0. The molecule has 0 aliphatic rings. The van der Waals surface area contributed by atoms with Gasteiger partial charge in [0.25, 0.3) is 8.32 Å². The van der Waals surface area contributed by atoms with Gasteiger partial charge in [-0.15, -0.1) is 6.58 Å². The Kier molecular flexibility index (Phi) is 8.66. The van der Waals surface area contributed by atoms with E-state index in [0.717, 1.165) is 12.8 Å². The Balaban J connectivity index is 2.42. The van der Waals surface area contributed by atoms with Gasteiger partial charge in [-0.3, -0.25) is 0 Å². The molecule has 164 valence electrons. The quantitative estimate of drug-likeness (QED) is 0.400. The van der Waals surface area contributed by atoms with Crippen molar-refractivity contribution in [3.8, 4) is 0 Å². The Morgan fingerprint density at radius 1 is 0.900 bits per heavy atom. The fourth-order valence-corrected chi connectivity index (χ4v) is 9.12. The summed E-state index contributed by atoms with van der Waals surface area (Å²) in [7, 11) is -2.57. The highest BCUT2D eigenvalue weighted by Gasteiger charge is 2.51. The lowest BCUT2D eigenvalue weighted by atomic mass is 9.90. The maximum Gasteiger partial charge on any atom is 0.261 e. The number of allylic oxidation sites excluding steroid dienone is 1. The molecule has 0 bridgehead atoms. The molecule has 0 aromatic heterocycles. The van der Waals surface area contributed by atoms with E-state index in [-0.39, 0.29) is 29.1 Å². The van der Waals surface area contributed by atoms with Gasteiger partial charge in [-0.1, -0.05) is 101 Å². The molecule has 0 amide bonds. The van der Waals surface area contributed by atoms with Gasteiger partial charge in [-0.25, -0.2) is 0 Å². The zero-order chi connectivity index (χ0) is 22.4. The molecule has 30 heavy (non-hydrogen) atoms. The van der Waals surface area contributed by atoms with E-state index in [1.807, 2.05) is 6.08 Å². The summed E-state index contributed by atoms with van der Waals surface area (Å²) in [6.45, 7) is 17.2. The molecule has 0 saturated heterocycles. The Labute approximate surface area is 185 Å². The van der Waals surface area contributed by atoms with Gasteiger partial charge >= 0.3 is 0 Å². The highest BCUT2D eigenvalue weighted by molar-refractivity contribution is 6.99. The molecule has 0 spiro atoms. The third-order valence-corrected chi connectivity index (χ3v) is 11.5. The second-order valence-electron chi connectivity index (χ2n) is 9.77. The van der Waals surface area contributed by atoms with Crippen LogP contribution in [0, 0.1) is 11.8 Å². The van der Waals surface area contributed by atoms with Gasteiger partial charge in [0.1, 0.15) is 0 Å². The molecule has 2 nitrogen and oxygen atoms in total. The van der Waals surface area contributed by atoms with Crippen LogP contribution in [0.4, 0.5) is 0 Å². The van der Waals surface area contributed by atoms with Crippen molar-refractivity contribution >= 4 is 18.7 Å². The van der Waals surface area contributed by atoms with Crippen molar-refractivity contribution in [1.82, 2.24) is 0 Å². The van der Waals surface area contributed by atoms with Crippen LogP contribution in [0.15, 0.2) is 73.3 Å². The first-order valence-electron chi connectivity index (χ1n) is 11.2. The number of hydrogen-bond acceptors (Lipinski definition) is 2. The van der Waals surface area contributed by atoms with Gasteiger partial charge in [-0.05, 0) is 47.0 Å². The molecule has 3 heteroatoms. The number of rotatable bonds is 10. The molecule has 0 aliphatic heterocycles. The maximum absolute atomic E-state index is 10.7. The molecule has 4 atom stereocenters. The summed E-state index contributed by atoms with van der Waals surface area (Å²) in [5, 5.41) is 13.2. The average molecular weight is 425 g/mol. The first kappa shape index (κ1) is 24.6. The van der Waals surface area contributed by atoms with Gasteiger partial charge < -0.3 is 9.53 Å². The van der Waals surface area contributed by atoms with Crippen LogP contribution in [-0.4, -0.2) is 25.6 Å². The maximum atomic E-state index is 10.7. The summed E-state index contributed by atoms with van der Waals surface area (Å²) in [5.41, 5.74) is 0. The van der Waals surface area contributed by atoms with E-state index < -0.39 is 8.32 Å². The first-order chi connectivity index (χ1) is 14.1. The van der Waals surface area contributed by atoms with Crippen LogP contribution >= 0.6 is 0 Å². The van der Waals surface area contributed by atoms with Crippen LogP contribution in [0.25, 0.3) is 0 Å². The van der Waals surface area contributed by atoms with Crippen molar-refractivity contribution in [1.29, 1.82) is 0 Å².